The van der Waals surface area contributed by atoms with Gasteiger partial charge in [0.1, 0.15) is 11.4 Å². The van der Waals surface area contributed by atoms with Gasteiger partial charge in [-0.25, -0.2) is 9.97 Å². The largest absolute Gasteiger partial charge is 0.421 e. The average Bonchev–Trinajstić information content (AvgIpc) is 3.50. The van der Waals surface area contributed by atoms with Crippen LogP contribution in [0.15, 0.2) is 48.9 Å². The molecule has 4 aromatic rings. The molecule has 18 heteroatoms. The number of amides is 1. The van der Waals surface area contributed by atoms with Crippen molar-refractivity contribution in [2.75, 3.05) is 37.5 Å². The lowest BCUT2D eigenvalue weighted by Crippen LogP contribution is -2.21. The molecule has 0 spiro atoms. The van der Waals surface area contributed by atoms with Crippen molar-refractivity contribution < 1.29 is 36.7 Å². The average molecular weight is 697 g/mol. The minimum absolute atomic E-state index is 0.0117. The number of hydrogen-bond donors (Lipinski definition) is 4. The van der Waals surface area contributed by atoms with Crippen LogP contribution in [0.2, 0.25) is 5.02 Å². The molecule has 47 heavy (non-hydrogen) atoms. The molecule has 1 aromatic carbocycles. The topological polar surface area (TPSA) is 165 Å². The highest BCUT2D eigenvalue weighted by Crippen LogP contribution is 2.51. The minimum Gasteiger partial charge on any atom is -0.396 e. The predicted octanol–water partition coefficient (Wildman–Crippen LogP) is 6.40. The Morgan fingerprint density at radius 3 is 2.43 bits per heavy atom. The number of aliphatic hydroxyl groups is 1. The summed E-state index contributed by atoms with van der Waals surface area (Å²) in [6.45, 7) is 4.22. The van der Waals surface area contributed by atoms with Gasteiger partial charge in [0.2, 0.25) is 5.95 Å². The third-order valence-electron chi connectivity index (χ3n) is 6.47. The fraction of sp³-hybridized carbons (Fsp3) is 0.345. The van der Waals surface area contributed by atoms with Crippen LogP contribution in [-0.4, -0.2) is 62.6 Å². The van der Waals surface area contributed by atoms with Crippen LogP contribution in [0.25, 0.3) is 11.3 Å². The van der Waals surface area contributed by atoms with Crippen molar-refractivity contribution in [2.45, 2.75) is 39.2 Å². The van der Waals surface area contributed by atoms with Gasteiger partial charge >= 0.3 is 13.8 Å². The number of benzene rings is 1. The smallest absolute Gasteiger partial charge is 0.396 e. The van der Waals surface area contributed by atoms with Crippen LogP contribution in [0.5, 0.6) is 0 Å². The number of hydrogen-bond acceptors (Lipinski definition) is 11. The Hall–Kier alpha value is -4.08. The summed E-state index contributed by atoms with van der Waals surface area (Å²) in [7, 11) is -2.04. The molecule has 0 saturated carbocycles. The molecule has 252 valence electrons. The summed E-state index contributed by atoms with van der Waals surface area (Å²) >= 11 is 6.44. The molecule has 0 saturated heterocycles. The zero-order chi connectivity index (χ0) is 34.2. The van der Waals surface area contributed by atoms with Crippen LogP contribution in [0.4, 0.5) is 36.3 Å². The Morgan fingerprint density at radius 1 is 1.06 bits per heavy atom. The molecule has 0 fully saturated rings. The van der Waals surface area contributed by atoms with E-state index in [1.807, 2.05) is 0 Å². The van der Waals surface area contributed by atoms with Gasteiger partial charge in [-0.15, -0.1) is 0 Å². The van der Waals surface area contributed by atoms with Gasteiger partial charge in [0, 0.05) is 38.2 Å². The standard InChI is InChI=1S/C29H33ClF3N8O5P/c1-4-45-47(44,46-5-2)17-18-7-8-23(21(30)13-18)39-28-35-15-20(29(31,32)33)26(40-28)38-24-10-9-22(37-25(24)27(43)34-3)19-14-36-41(16-19)11-6-12-42/h7-10,13-16,42H,4-6,11-12,17H2,1-3H3,(H,34,43)(H2,35,38,39,40). The number of rotatable bonds is 15. The van der Waals surface area contributed by atoms with E-state index in [-0.39, 0.29) is 54.0 Å². The van der Waals surface area contributed by atoms with Crippen molar-refractivity contribution in [3.05, 3.63) is 70.8 Å². The van der Waals surface area contributed by atoms with E-state index in [1.54, 1.807) is 30.8 Å². The normalized spacial score (nSPS) is 11.8. The molecular weight excluding hydrogens is 664 g/mol. The summed E-state index contributed by atoms with van der Waals surface area (Å²) in [6, 6.07) is 7.60. The molecule has 3 aromatic heterocycles. The van der Waals surface area contributed by atoms with Crippen molar-refractivity contribution in [1.29, 1.82) is 0 Å². The van der Waals surface area contributed by atoms with E-state index in [0.29, 0.717) is 36.0 Å². The number of nitrogens with one attached hydrogen (secondary N) is 3. The predicted molar refractivity (Wildman–Crippen MR) is 170 cm³/mol. The zero-order valence-electron chi connectivity index (χ0n) is 25.6. The second-order valence-corrected chi connectivity index (χ2v) is 12.3. The molecular formula is C29H33ClF3N8O5P. The summed E-state index contributed by atoms with van der Waals surface area (Å²) in [4.78, 5) is 25.0. The molecule has 3 heterocycles. The van der Waals surface area contributed by atoms with Crippen molar-refractivity contribution >= 4 is 48.2 Å². The highest BCUT2D eigenvalue weighted by molar-refractivity contribution is 7.53. The summed E-state index contributed by atoms with van der Waals surface area (Å²) in [6.07, 6.45) is -0.592. The van der Waals surface area contributed by atoms with Gasteiger partial charge in [-0.2, -0.15) is 23.3 Å². The number of carbonyl (C=O) groups excluding carboxylic acids is 1. The highest BCUT2D eigenvalue weighted by atomic mass is 35.5. The molecule has 0 aliphatic carbocycles. The molecule has 0 unspecified atom stereocenters. The van der Waals surface area contributed by atoms with Gasteiger partial charge in [-0.3, -0.25) is 14.0 Å². The Bertz CT molecular complexity index is 1750. The SMILES string of the molecule is CCOP(=O)(Cc1ccc(Nc2ncc(C(F)(F)F)c(Nc3ccc(-c4cnn(CCCO)c4)nc3C(=O)NC)n2)c(Cl)c1)OCC. The van der Waals surface area contributed by atoms with Crippen molar-refractivity contribution in [2.24, 2.45) is 0 Å². The first kappa shape index (κ1) is 35.8. The maximum atomic E-state index is 14.0. The van der Waals surface area contributed by atoms with E-state index in [2.05, 4.69) is 36.0 Å². The lowest BCUT2D eigenvalue weighted by molar-refractivity contribution is -0.137. The molecule has 13 nitrogen and oxygen atoms in total. The van der Waals surface area contributed by atoms with Crippen LogP contribution in [-0.2, 0) is 32.5 Å². The van der Waals surface area contributed by atoms with Crippen LogP contribution in [0, 0.1) is 0 Å². The molecule has 0 bridgehead atoms. The second kappa shape index (κ2) is 15.7. The molecule has 0 atom stereocenters. The first-order chi connectivity index (χ1) is 22.4. The summed E-state index contributed by atoms with van der Waals surface area (Å²) in [5.41, 5.74) is 0.296. The number of aliphatic hydroxyl groups excluding tert-OH is 1. The van der Waals surface area contributed by atoms with Gasteiger partial charge in [-0.05, 0) is 50.1 Å². The van der Waals surface area contributed by atoms with Crippen LogP contribution < -0.4 is 16.0 Å². The molecule has 0 aliphatic heterocycles. The number of pyridine rings is 1. The maximum Gasteiger partial charge on any atom is 0.421 e. The fourth-order valence-electron chi connectivity index (χ4n) is 4.36. The highest BCUT2D eigenvalue weighted by Gasteiger charge is 2.36. The Kier molecular flexibility index (Phi) is 11.9. The molecule has 4 N–H and O–H groups in total. The Balaban J connectivity index is 1.64. The van der Waals surface area contributed by atoms with E-state index >= 15 is 0 Å². The number of anilines is 4. The van der Waals surface area contributed by atoms with Gasteiger partial charge in [0.15, 0.2) is 5.69 Å². The van der Waals surface area contributed by atoms with Crippen molar-refractivity contribution in [1.82, 2.24) is 30.0 Å². The van der Waals surface area contributed by atoms with E-state index in [9.17, 15) is 22.5 Å². The van der Waals surface area contributed by atoms with Crippen LogP contribution >= 0.6 is 19.2 Å². The van der Waals surface area contributed by atoms with Crippen molar-refractivity contribution in [3.63, 3.8) is 0 Å². The Labute approximate surface area is 273 Å². The fourth-order valence-corrected chi connectivity index (χ4v) is 6.30. The molecule has 1 amide bonds. The first-order valence-corrected chi connectivity index (χ1v) is 16.5. The lowest BCUT2D eigenvalue weighted by Gasteiger charge is -2.18. The molecule has 4 rings (SSSR count). The second-order valence-electron chi connectivity index (χ2n) is 9.86. The van der Waals surface area contributed by atoms with Crippen LogP contribution in [0.3, 0.4) is 0 Å². The van der Waals surface area contributed by atoms with E-state index in [0.717, 1.165) is 0 Å². The number of aryl methyl sites for hydroxylation is 1. The number of carbonyl (C=O) groups is 1. The van der Waals surface area contributed by atoms with Gasteiger partial charge in [0.05, 0.1) is 47.7 Å². The van der Waals surface area contributed by atoms with Gasteiger partial charge < -0.3 is 30.1 Å². The number of halogens is 4. The Morgan fingerprint density at radius 2 is 1.79 bits per heavy atom. The zero-order valence-corrected chi connectivity index (χ0v) is 27.3. The van der Waals surface area contributed by atoms with Crippen LogP contribution in [0.1, 0.15) is 41.9 Å². The van der Waals surface area contributed by atoms with E-state index in [1.165, 1.54) is 37.5 Å². The summed E-state index contributed by atoms with van der Waals surface area (Å²) in [5.74, 6) is -1.53. The maximum absolute atomic E-state index is 14.0. The third-order valence-corrected chi connectivity index (χ3v) is 8.84. The minimum atomic E-state index is -4.85. The number of nitrogens with zero attached hydrogens (tertiary/aromatic N) is 5. The van der Waals surface area contributed by atoms with Gasteiger partial charge in [-0.1, -0.05) is 17.7 Å². The molecule has 0 aliphatic rings. The number of alkyl halides is 3. The van der Waals surface area contributed by atoms with E-state index in [4.69, 9.17) is 25.8 Å². The monoisotopic (exact) mass is 696 g/mol. The summed E-state index contributed by atoms with van der Waals surface area (Å²) < 4.78 is 67.3. The summed E-state index contributed by atoms with van der Waals surface area (Å²) in [5, 5.41) is 21.3. The quantitative estimate of drug-likeness (QED) is 0.102. The van der Waals surface area contributed by atoms with Gasteiger partial charge in [0.25, 0.3) is 5.91 Å². The third kappa shape index (κ3) is 9.26. The lowest BCUT2D eigenvalue weighted by atomic mass is 10.1. The number of aromatic nitrogens is 5. The first-order valence-electron chi connectivity index (χ1n) is 14.4. The van der Waals surface area contributed by atoms with Crippen molar-refractivity contribution in [3.8, 4) is 11.3 Å². The van der Waals surface area contributed by atoms with E-state index < -0.39 is 31.1 Å². The molecule has 0 radical (unpaired) electrons.